The average molecular weight is 406 g/mol. The number of hydrogen-bond acceptors (Lipinski definition) is 6. The van der Waals surface area contributed by atoms with Crippen LogP contribution >= 0.6 is 11.6 Å². The number of carbonyl (C=O) groups excluding carboxylic acids is 1. The summed E-state index contributed by atoms with van der Waals surface area (Å²) in [6.07, 6.45) is 2.76. The lowest BCUT2D eigenvalue weighted by Crippen LogP contribution is -2.28. The minimum atomic E-state index is -0.513. The first-order valence-electron chi connectivity index (χ1n) is 8.41. The number of aryl methyl sites for hydroxylation is 1. The largest absolute Gasteiger partial charge is 0.347 e. The summed E-state index contributed by atoms with van der Waals surface area (Å²) in [6.45, 7) is 7.73. The lowest BCUT2D eigenvalue weighted by Gasteiger charge is -2.13. The lowest BCUT2D eigenvalue weighted by atomic mass is 10.2. The van der Waals surface area contributed by atoms with Gasteiger partial charge >= 0.3 is 0 Å². The minimum Gasteiger partial charge on any atom is -0.347 e. The number of anilines is 1. The van der Waals surface area contributed by atoms with Crippen molar-refractivity contribution < 1.29 is 9.18 Å². The molecule has 2 aromatic rings. The molecule has 1 unspecified atom stereocenters. The third-order valence-electron chi connectivity index (χ3n) is 3.72. The van der Waals surface area contributed by atoms with Gasteiger partial charge in [0.2, 0.25) is 0 Å². The average Bonchev–Trinajstić information content (AvgIpc) is 2.69. The molecule has 0 spiro atoms. The fourth-order valence-electron chi connectivity index (χ4n) is 2.12. The maximum atomic E-state index is 13.2. The Kier molecular flexibility index (Phi) is 7.82. The number of hydrazine groups is 1. The smallest absolute Gasteiger partial charge is 0.272 e. The van der Waals surface area contributed by atoms with Crippen LogP contribution in [0.1, 0.15) is 28.7 Å². The molecule has 1 atom stereocenters. The highest BCUT2D eigenvalue weighted by molar-refractivity contribution is 6.30. The molecule has 1 aromatic carbocycles. The number of rotatable bonds is 9. The van der Waals surface area contributed by atoms with Crippen LogP contribution in [-0.2, 0) is 6.54 Å². The molecule has 0 fully saturated rings. The van der Waals surface area contributed by atoms with Gasteiger partial charge in [-0.25, -0.2) is 14.4 Å². The van der Waals surface area contributed by atoms with Gasteiger partial charge in [0.15, 0.2) is 5.69 Å². The van der Waals surface area contributed by atoms with Crippen molar-refractivity contribution in [3.8, 4) is 0 Å². The highest BCUT2D eigenvalue weighted by Crippen LogP contribution is 2.17. The number of aliphatic imine (C=N–C) groups is 2. The molecule has 0 aliphatic heterocycles. The second-order valence-corrected chi connectivity index (χ2v) is 6.32. The molecule has 0 radical (unpaired) electrons. The molecule has 3 N–H and O–H groups in total. The lowest BCUT2D eigenvalue weighted by molar-refractivity contribution is 0.0946. The van der Waals surface area contributed by atoms with Crippen LogP contribution in [0.5, 0.6) is 0 Å². The summed E-state index contributed by atoms with van der Waals surface area (Å²) in [5.74, 6) is -0.933. The molecule has 1 heterocycles. The molecule has 1 aromatic heterocycles. The van der Waals surface area contributed by atoms with Crippen molar-refractivity contribution in [2.75, 3.05) is 12.0 Å². The van der Waals surface area contributed by atoms with Crippen LogP contribution in [0, 0.1) is 12.7 Å². The van der Waals surface area contributed by atoms with Crippen molar-refractivity contribution in [3.63, 3.8) is 0 Å². The summed E-state index contributed by atoms with van der Waals surface area (Å²) in [6, 6.07) is 4.26. The quantitative estimate of drug-likeness (QED) is 0.338. The summed E-state index contributed by atoms with van der Waals surface area (Å²) in [5.41, 5.74) is 7.46. The van der Waals surface area contributed by atoms with Crippen LogP contribution in [0.25, 0.3) is 0 Å². The molecule has 0 bridgehead atoms. The Labute approximate surface area is 167 Å². The zero-order valence-corrected chi connectivity index (χ0v) is 16.3. The highest BCUT2D eigenvalue weighted by atomic mass is 35.5. The predicted octanol–water partition coefficient (Wildman–Crippen LogP) is 2.54. The van der Waals surface area contributed by atoms with E-state index in [9.17, 15) is 9.18 Å². The Hall–Kier alpha value is -3.07. The van der Waals surface area contributed by atoms with Crippen molar-refractivity contribution >= 4 is 36.3 Å². The van der Waals surface area contributed by atoms with Crippen LogP contribution < -0.4 is 16.2 Å². The Balaban J connectivity index is 2.01. The van der Waals surface area contributed by atoms with Crippen LogP contribution in [-0.4, -0.2) is 41.5 Å². The highest BCUT2D eigenvalue weighted by Gasteiger charge is 2.16. The molecule has 148 valence electrons. The number of nitrogens with zero attached hydrogens (tertiary/aromatic N) is 4. The molecule has 2 rings (SSSR count). The van der Waals surface area contributed by atoms with E-state index in [1.165, 1.54) is 24.8 Å². The van der Waals surface area contributed by atoms with Gasteiger partial charge in [-0.05, 0) is 38.3 Å². The van der Waals surface area contributed by atoms with Crippen molar-refractivity contribution in [2.24, 2.45) is 9.98 Å². The van der Waals surface area contributed by atoms with Gasteiger partial charge in [0, 0.05) is 6.54 Å². The Morgan fingerprint density at radius 2 is 2.21 bits per heavy atom. The molecule has 0 saturated heterocycles. The maximum absolute atomic E-state index is 13.2. The topological polar surface area (TPSA) is 104 Å². The number of amides is 1. The fourth-order valence-corrected chi connectivity index (χ4v) is 2.33. The Morgan fingerprint density at radius 1 is 1.43 bits per heavy atom. The van der Waals surface area contributed by atoms with E-state index in [1.54, 1.807) is 13.0 Å². The molecule has 0 aliphatic carbocycles. The van der Waals surface area contributed by atoms with Gasteiger partial charge in [0.1, 0.15) is 24.2 Å². The molecular weight excluding hydrogens is 385 g/mol. The first-order valence-corrected chi connectivity index (χ1v) is 8.79. The number of nitrogens with one attached hydrogen (secondary N) is 3. The number of halogens is 2. The third kappa shape index (κ3) is 5.98. The Morgan fingerprint density at radius 3 is 2.93 bits per heavy atom. The first kappa shape index (κ1) is 21.2. The SMILES string of the molecule is C=NC(C)CN=CNNc1c(C)ncnc1C(=O)NCc1ccc(F)c(Cl)c1. The molecular formula is C18H21ClFN7O. The van der Waals surface area contributed by atoms with E-state index in [4.69, 9.17) is 11.6 Å². The summed E-state index contributed by atoms with van der Waals surface area (Å²) in [5, 5.41) is 2.72. The van der Waals surface area contributed by atoms with Gasteiger partial charge in [-0.2, -0.15) is 0 Å². The van der Waals surface area contributed by atoms with Gasteiger partial charge in [0.05, 0.1) is 23.3 Å². The van der Waals surface area contributed by atoms with E-state index in [1.807, 2.05) is 6.92 Å². The standard InChI is InChI=1S/C18H21ClFN7O/c1-11(21-3)7-22-9-26-27-16-12(2)24-10-25-17(16)18(28)23-8-13-4-5-15(20)14(19)6-13/h4-6,9-11,27H,3,7-8H2,1-2H3,(H,22,26)(H,23,28). The molecule has 0 saturated carbocycles. The molecule has 1 amide bonds. The molecule has 8 nitrogen and oxygen atoms in total. The van der Waals surface area contributed by atoms with Crippen molar-refractivity contribution in [1.82, 2.24) is 20.7 Å². The maximum Gasteiger partial charge on any atom is 0.272 e. The van der Waals surface area contributed by atoms with Gasteiger partial charge in [-0.15, -0.1) is 0 Å². The van der Waals surface area contributed by atoms with Crippen molar-refractivity contribution in [1.29, 1.82) is 0 Å². The summed E-state index contributed by atoms with van der Waals surface area (Å²) >= 11 is 5.76. The fraction of sp³-hybridized carbons (Fsp3) is 0.278. The van der Waals surface area contributed by atoms with Gasteiger partial charge < -0.3 is 5.32 Å². The van der Waals surface area contributed by atoms with E-state index >= 15 is 0 Å². The third-order valence-corrected chi connectivity index (χ3v) is 4.01. The molecule has 0 aliphatic rings. The van der Waals surface area contributed by atoms with Gasteiger partial charge in [-0.1, -0.05) is 17.7 Å². The summed E-state index contributed by atoms with van der Waals surface area (Å²) < 4.78 is 13.2. The van der Waals surface area contributed by atoms with Crippen LogP contribution in [0.3, 0.4) is 0 Å². The van der Waals surface area contributed by atoms with E-state index in [-0.39, 0.29) is 23.3 Å². The number of aromatic nitrogens is 2. The normalized spacial score (nSPS) is 11.9. The zero-order valence-electron chi connectivity index (χ0n) is 15.5. The van der Waals surface area contributed by atoms with Crippen molar-refractivity contribution in [3.05, 3.63) is 52.3 Å². The number of carbonyl (C=O) groups is 1. The van der Waals surface area contributed by atoms with Gasteiger partial charge in [0.25, 0.3) is 5.91 Å². The number of hydrogen-bond donors (Lipinski definition) is 3. The summed E-state index contributed by atoms with van der Waals surface area (Å²) in [7, 11) is 0. The van der Waals surface area contributed by atoms with E-state index < -0.39 is 11.7 Å². The summed E-state index contributed by atoms with van der Waals surface area (Å²) in [4.78, 5) is 28.6. The van der Waals surface area contributed by atoms with Crippen molar-refractivity contribution in [2.45, 2.75) is 26.4 Å². The van der Waals surface area contributed by atoms with E-state index in [0.29, 0.717) is 23.5 Å². The van der Waals surface area contributed by atoms with Crippen LogP contribution in [0.4, 0.5) is 10.1 Å². The predicted molar refractivity (Wildman–Crippen MR) is 108 cm³/mol. The Bertz CT molecular complexity index is 875. The zero-order chi connectivity index (χ0) is 20.5. The van der Waals surface area contributed by atoms with E-state index in [0.717, 1.165) is 0 Å². The van der Waals surface area contributed by atoms with Crippen LogP contribution in [0.15, 0.2) is 34.5 Å². The first-order chi connectivity index (χ1) is 13.4. The van der Waals surface area contributed by atoms with Crippen LogP contribution in [0.2, 0.25) is 5.02 Å². The minimum absolute atomic E-state index is 0.00329. The van der Waals surface area contributed by atoms with Gasteiger partial charge in [-0.3, -0.25) is 25.6 Å². The molecule has 10 heteroatoms. The molecule has 28 heavy (non-hydrogen) atoms. The monoisotopic (exact) mass is 405 g/mol. The van der Waals surface area contributed by atoms with E-state index in [2.05, 4.69) is 42.8 Å². The second kappa shape index (κ2) is 10.3. The second-order valence-electron chi connectivity index (χ2n) is 5.91. The number of benzene rings is 1.